The molecule has 0 aliphatic heterocycles. The molecule has 1 heterocycles. The van der Waals surface area contributed by atoms with Gasteiger partial charge in [-0.05, 0) is 24.3 Å². The van der Waals surface area contributed by atoms with Crippen LogP contribution in [0.5, 0.6) is 0 Å². The molecule has 21 heavy (non-hydrogen) atoms. The summed E-state index contributed by atoms with van der Waals surface area (Å²) in [6.07, 6.45) is -3.42. The number of nitrogens with one attached hydrogen (secondary N) is 1. The fraction of sp³-hybridized carbons (Fsp3) is 0.154. The fourth-order valence-corrected chi connectivity index (χ4v) is 1.79. The summed E-state index contributed by atoms with van der Waals surface area (Å²) < 4.78 is 42.8. The molecule has 1 aromatic carbocycles. The molecule has 112 valence electrons. The molecule has 0 aliphatic carbocycles. The van der Waals surface area contributed by atoms with E-state index in [1.807, 2.05) is 0 Å². The van der Waals surface area contributed by atoms with Gasteiger partial charge in [-0.3, -0.25) is 0 Å². The fourth-order valence-electron chi connectivity index (χ4n) is 1.60. The van der Waals surface area contributed by atoms with E-state index in [1.165, 1.54) is 6.07 Å². The van der Waals surface area contributed by atoms with Gasteiger partial charge in [0.05, 0.1) is 28.4 Å². The van der Waals surface area contributed by atoms with Gasteiger partial charge in [-0.1, -0.05) is 11.6 Å². The summed E-state index contributed by atoms with van der Waals surface area (Å²) in [4.78, 5) is 10.7. The first-order valence-electron chi connectivity index (χ1n) is 5.68. The Kier molecular flexibility index (Phi) is 4.13. The summed E-state index contributed by atoms with van der Waals surface area (Å²) in [7, 11) is 0. The van der Waals surface area contributed by atoms with Crippen LogP contribution in [-0.2, 0) is 12.7 Å². The highest BCUT2D eigenvalue weighted by atomic mass is 35.5. The van der Waals surface area contributed by atoms with Crippen LogP contribution in [0.1, 0.15) is 21.7 Å². The zero-order chi connectivity index (χ0) is 15.6. The van der Waals surface area contributed by atoms with Gasteiger partial charge in [0.2, 0.25) is 0 Å². The number of halogens is 4. The van der Waals surface area contributed by atoms with Crippen molar-refractivity contribution >= 4 is 23.3 Å². The van der Waals surface area contributed by atoms with Crippen molar-refractivity contribution in [3.05, 3.63) is 52.4 Å². The molecule has 1 aromatic heterocycles. The summed E-state index contributed by atoms with van der Waals surface area (Å²) in [5.41, 5.74) is -0.790. The van der Waals surface area contributed by atoms with Crippen LogP contribution in [0, 0.1) is 0 Å². The number of hydrogen-bond donors (Lipinski definition) is 2. The maximum absolute atomic E-state index is 12.6. The minimum Gasteiger partial charge on any atom is -0.478 e. The van der Waals surface area contributed by atoms with Gasteiger partial charge in [0.15, 0.2) is 0 Å². The van der Waals surface area contributed by atoms with E-state index in [0.717, 1.165) is 24.5 Å². The van der Waals surface area contributed by atoms with E-state index < -0.39 is 17.7 Å². The predicted molar refractivity (Wildman–Crippen MR) is 69.4 cm³/mol. The van der Waals surface area contributed by atoms with Crippen LogP contribution in [0.15, 0.2) is 34.9 Å². The molecule has 0 aliphatic rings. The molecule has 0 saturated carbocycles. The van der Waals surface area contributed by atoms with Crippen molar-refractivity contribution in [2.75, 3.05) is 5.32 Å². The highest BCUT2D eigenvalue weighted by molar-refractivity contribution is 6.33. The monoisotopic (exact) mass is 319 g/mol. The molecule has 2 N–H and O–H groups in total. The van der Waals surface area contributed by atoms with E-state index in [2.05, 4.69) is 5.32 Å². The molecule has 0 fully saturated rings. The van der Waals surface area contributed by atoms with Crippen LogP contribution in [0.25, 0.3) is 0 Å². The van der Waals surface area contributed by atoms with E-state index in [1.54, 1.807) is 0 Å². The number of alkyl halides is 3. The van der Waals surface area contributed by atoms with Crippen LogP contribution in [0.3, 0.4) is 0 Å². The highest BCUT2D eigenvalue weighted by Gasteiger charge is 2.30. The Balaban J connectivity index is 2.13. The SMILES string of the molecule is O=C(O)c1coc(CNc2cc(C(F)(F)F)ccc2Cl)c1. The molecule has 0 unspecified atom stereocenters. The molecule has 8 heteroatoms. The first-order chi connectivity index (χ1) is 9.77. The van der Waals surface area contributed by atoms with Crippen LogP contribution < -0.4 is 5.32 Å². The number of carboxylic acids is 1. The summed E-state index contributed by atoms with van der Waals surface area (Å²) in [6.45, 7) is 0.00824. The van der Waals surface area contributed by atoms with Gasteiger partial charge >= 0.3 is 12.1 Å². The van der Waals surface area contributed by atoms with Crippen molar-refractivity contribution in [2.45, 2.75) is 12.7 Å². The van der Waals surface area contributed by atoms with Gasteiger partial charge in [-0.15, -0.1) is 0 Å². The number of aromatic carboxylic acids is 1. The summed E-state index contributed by atoms with van der Waals surface area (Å²) in [5, 5.41) is 11.5. The van der Waals surface area contributed by atoms with Crippen molar-refractivity contribution < 1.29 is 27.5 Å². The minimum atomic E-state index is -4.47. The second-order valence-electron chi connectivity index (χ2n) is 4.15. The summed E-state index contributed by atoms with van der Waals surface area (Å²) in [6, 6.07) is 4.17. The van der Waals surface area contributed by atoms with Gasteiger partial charge in [-0.25, -0.2) is 4.79 Å². The van der Waals surface area contributed by atoms with Crippen LogP contribution >= 0.6 is 11.6 Å². The number of benzene rings is 1. The third-order valence-electron chi connectivity index (χ3n) is 2.65. The van der Waals surface area contributed by atoms with Crippen molar-refractivity contribution in [2.24, 2.45) is 0 Å². The Morgan fingerprint density at radius 3 is 2.62 bits per heavy atom. The maximum Gasteiger partial charge on any atom is 0.416 e. The quantitative estimate of drug-likeness (QED) is 0.883. The lowest BCUT2D eigenvalue weighted by molar-refractivity contribution is -0.137. The van der Waals surface area contributed by atoms with E-state index in [-0.39, 0.29) is 28.6 Å². The topological polar surface area (TPSA) is 62.5 Å². The molecule has 0 atom stereocenters. The van der Waals surface area contributed by atoms with Crippen molar-refractivity contribution in [1.82, 2.24) is 0 Å². The standard InChI is InChI=1S/C13H9ClF3NO3/c14-10-2-1-8(13(15,16)17)4-11(10)18-5-9-3-7(6-21-9)12(19)20/h1-4,6,18H,5H2,(H,19,20). The second-order valence-corrected chi connectivity index (χ2v) is 4.56. The smallest absolute Gasteiger partial charge is 0.416 e. The van der Waals surface area contributed by atoms with Crippen molar-refractivity contribution in [3.63, 3.8) is 0 Å². The number of carboxylic acid groups (broad SMARTS) is 1. The van der Waals surface area contributed by atoms with Crippen molar-refractivity contribution in [3.8, 4) is 0 Å². The number of anilines is 1. The maximum atomic E-state index is 12.6. The summed E-state index contributed by atoms with van der Waals surface area (Å²) in [5.74, 6) is -0.886. The Morgan fingerprint density at radius 1 is 1.33 bits per heavy atom. The zero-order valence-corrected chi connectivity index (χ0v) is 11.1. The first kappa shape index (κ1) is 15.2. The minimum absolute atomic E-state index is 0.00824. The normalized spacial score (nSPS) is 11.4. The lowest BCUT2D eigenvalue weighted by Crippen LogP contribution is -2.06. The molecule has 0 bridgehead atoms. The van der Waals surface area contributed by atoms with E-state index in [9.17, 15) is 18.0 Å². The van der Waals surface area contributed by atoms with Crippen LogP contribution in [0.4, 0.5) is 18.9 Å². The first-order valence-corrected chi connectivity index (χ1v) is 6.06. The molecule has 4 nitrogen and oxygen atoms in total. The molecule has 0 spiro atoms. The number of hydrogen-bond acceptors (Lipinski definition) is 3. The predicted octanol–water partition coefficient (Wildman–Crippen LogP) is 4.26. The second kappa shape index (κ2) is 5.69. The van der Waals surface area contributed by atoms with Gasteiger partial charge in [0.1, 0.15) is 12.0 Å². The average molecular weight is 320 g/mol. The molecular formula is C13H9ClF3NO3. The number of furan rings is 1. The van der Waals surface area contributed by atoms with E-state index in [4.69, 9.17) is 21.1 Å². The van der Waals surface area contributed by atoms with E-state index >= 15 is 0 Å². The molecule has 2 aromatic rings. The third-order valence-corrected chi connectivity index (χ3v) is 2.98. The average Bonchev–Trinajstić information content (AvgIpc) is 2.85. The molecular weight excluding hydrogens is 311 g/mol. The third kappa shape index (κ3) is 3.69. The van der Waals surface area contributed by atoms with Gasteiger partial charge < -0.3 is 14.8 Å². The Bertz CT molecular complexity index is 667. The lowest BCUT2D eigenvalue weighted by Gasteiger charge is -2.11. The Labute approximate surface area is 122 Å². The number of carbonyl (C=O) groups is 1. The zero-order valence-electron chi connectivity index (χ0n) is 10.4. The highest BCUT2D eigenvalue weighted by Crippen LogP contribution is 2.34. The number of rotatable bonds is 4. The van der Waals surface area contributed by atoms with Gasteiger partial charge in [0, 0.05) is 0 Å². The largest absolute Gasteiger partial charge is 0.478 e. The lowest BCUT2D eigenvalue weighted by atomic mass is 10.2. The van der Waals surface area contributed by atoms with Crippen LogP contribution in [-0.4, -0.2) is 11.1 Å². The van der Waals surface area contributed by atoms with Gasteiger partial charge in [0.25, 0.3) is 0 Å². The molecule has 0 saturated heterocycles. The van der Waals surface area contributed by atoms with Crippen LogP contribution in [0.2, 0.25) is 5.02 Å². The Hall–Kier alpha value is -2.15. The molecule has 0 radical (unpaired) electrons. The van der Waals surface area contributed by atoms with Crippen molar-refractivity contribution in [1.29, 1.82) is 0 Å². The van der Waals surface area contributed by atoms with Gasteiger partial charge in [-0.2, -0.15) is 13.2 Å². The molecule has 2 rings (SSSR count). The Morgan fingerprint density at radius 2 is 2.05 bits per heavy atom. The van der Waals surface area contributed by atoms with E-state index in [0.29, 0.717) is 0 Å². The summed E-state index contributed by atoms with van der Waals surface area (Å²) >= 11 is 5.81. The molecule has 0 amide bonds.